The van der Waals surface area contributed by atoms with E-state index in [4.69, 9.17) is 9.63 Å². The SMILES string of the molecule is CCCC(NC(=O)C(C)NS(=O)(=O)c1c(C)noc1C)C(=O)O. The van der Waals surface area contributed by atoms with E-state index < -0.39 is 34.0 Å². The molecule has 10 heteroatoms. The van der Waals surface area contributed by atoms with Crippen LogP contribution in [-0.2, 0) is 19.6 Å². The quantitative estimate of drug-likeness (QED) is 0.615. The van der Waals surface area contributed by atoms with E-state index >= 15 is 0 Å². The molecule has 2 unspecified atom stereocenters. The highest BCUT2D eigenvalue weighted by Gasteiger charge is 2.29. The smallest absolute Gasteiger partial charge is 0.326 e. The van der Waals surface area contributed by atoms with E-state index in [1.165, 1.54) is 20.8 Å². The highest BCUT2D eigenvalue weighted by atomic mass is 32.2. The number of aromatic nitrogens is 1. The summed E-state index contributed by atoms with van der Waals surface area (Å²) in [5, 5.41) is 14.9. The lowest BCUT2D eigenvalue weighted by Crippen LogP contribution is -2.50. The molecule has 0 bridgehead atoms. The molecule has 0 aliphatic carbocycles. The minimum Gasteiger partial charge on any atom is -0.480 e. The van der Waals surface area contributed by atoms with E-state index in [0.717, 1.165) is 0 Å². The molecule has 1 aromatic rings. The molecule has 3 N–H and O–H groups in total. The van der Waals surface area contributed by atoms with Crippen LogP contribution in [0.25, 0.3) is 0 Å². The van der Waals surface area contributed by atoms with Crippen molar-refractivity contribution < 1.29 is 27.6 Å². The second-order valence-electron chi connectivity index (χ2n) is 5.18. The van der Waals surface area contributed by atoms with Gasteiger partial charge in [-0.05, 0) is 27.2 Å². The molecule has 1 aromatic heterocycles. The predicted molar refractivity (Wildman–Crippen MR) is 80.2 cm³/mol. The zero-order valence-electron chi connectivity index (χ0n) is 13.4. The Labute approximate surface area is 134 Å². The largest absolute Gasteiger partial charge is 0.480 e. The lowest BCUT2D eigenvalue weighted by molar-refractivity contribution is -0.142. The zero-order valence-corrected chi connectivity index (χ0v) is 14.2. The van der Waals surface area contributed by atoms with Crippen molar-refractivity contribution in [1.29, 1.82) is 0 Å². The van der Waals surface area contributed by atoms with Gasteiger partial charge in [0.1, 0.15) is 16.6 Å². The van der Waals surface area contributed by atoms with Gasteiger partial charge in [-0.3, -0.25) is 4.79 Å². The topological polar surface area (TPSA) is 139 Å². The summed E-state index contributed by atoms with van der Waals surface area (Å²) in [5.41, 5.74) is 0.178. The first kappa shape index (κ1) is 19.1. The van der Waals surface area contributed by atoms with Crippen LogP contribution in [0.3, 0.4) is 0 Å². The minimum atomic E-state index is -4.01. The van der Waals surface area contributed by atoms with Crippen molar-refractivity contribution >= 4 is 21.9 Å². The molecule has 2 atom stereocenters. The van der Waals surface area contributed by atoms with Crippen molar-refractivity contribution in [2.24, 2.45) is 0 Å². The Bertz CT molecular complexity index is 662. The Morgan fingerprint density at radius 3 is 2.39 bits per heavy atom. The number of hydrogen-bond acceptors (Lipinski definition) is 6. The average Bonchev–Trinajstić information content (AvgIpc) is 2.77. The molecule has 0 aliphatic heterocycles. The number of carboxylic acids is 1. The van der Waals surface area contributed by atoms with E-state index in [-0.39, 0.29) is 22.8 Å². The predicted octanol–water partition coefficient (Wildman–Crippen LogP) is 0.328. The summed E-state index contributed by atoms with van der Waals surface area (Å²) < 4.78 is 31.6. The normalized spacial score (nSPS) is 14.3. The fourth-order valence-corrected chi connectivity index (χ4v) is 3.58. The molecular formula is C13H21N3O6S. The Hall–Kier alpha value is -1.94. The highest BCUT2D eigenvalue weighted by Crippen LogP contribution is 2.18. The number of hydrogen-bond donors (Lipinski definition) is 3. The molecule has 0 fully saturated rings. The average molecular weight is 347 g/mol. The molecule has 0 saturated carbocycles. The first-order valence-corrected chi connectivity index (χ1v) is 8.56. The fourth-order valence-electron chi connectivity index (χ4n) is 2.05. The van der Waals surface area contributed by atoms with Crippen LogP contribution in [0.5, 0.6) is 0 Å². The summed E-state index contributed by atoms with van der Waals surface area (Å²) in [6.45, 7) is 6.03. The van der Waals surface area contributed by atoms with Crippen LogP contribution in [0.1, 0.15) is 38.1 Å². The Balaban J connectivity index is 2.84. The van der Waals surface area contributed by atoms with Crippen LogP contribution >= 0.6 is 0 Å². The summed E-state index contributed by atoms with van der Waals surface area (Å²) in [7, 11) is -4.01. The van der Waals surface area contributed by atoms with Gasteiger partial charge in [0.2, 0.25) is 15.9 Å². The van der Waals surface area contributed by atoms with Gasteiger partial charge in [-0.25, -0.2) is 13.2 Å². The number of carbonyl (C=O) groups excluding carboxylic acids is 1. The van der Waals surface area contributed by atoms with Crippen molar-refractivity contribution in [3.8, 4) is 0 Å². The lowest BCUT2D eigenvalue weighted by Gasteiger charge is -2.18. The Kier molecular flexibility index (Phi) is 6.28. The van der Waals surface area contributed by atoms with Gasteiger partial charge in [-0.1, -0.05) is 18.5 Å². The van der Waals surface area contributed by atoms with Crippen molar-refractivity contribution in [2.75, 3.05) is 0 Å². The summed E-state index contributed by atoms with van der Waals surface area (Å²) in [6, 6.07) is -2.20. The maximum atomic E-state index is 12.3. The first-order chi connectivity index (χ1) is 10.6. The Morgan fingerprint density at radius 1 is 1.35 bits per heavy atom. The number of carbonyl (C=O) groups is 2. The zero-order chi connectivity index (χ0) is 17.8. The number of sulfonamides is 1. The van der Waals surface area contributed by atoms with Crippen molar-refractivity contribution in [1.82, 2.24) is 15.2 Å². The number of aryl methyl sites for hydroxylation is 2. The van der Waals surface area contributed by atoms with Crippen molar-refractivity contribution in [2.45, 2.75) is 57.5 Å². The Morgan fingerprint density at radius 2 is 1.96 bits per heavy atom. The molecule has 0 saturated heterocycles. The van der Waals surface area contributed by atoms with Crippen LogP contribution in [0.2, 0.25) is 0 Å². The molecule has 130 valence electrons. The minimum absolute atomic E-state index is 0.108. The number of amides is 1. The fraction of sp³-hybridized carbons (Fsp3) is 0.615. The molecule has 0 spiro atoms. The van der Waals surface area contributed by atoms with Gasteiger partial charge in [0.15, 0.2) is 5.76 Å². The molecule has 9 nitrogen and oxygen atoms in total. The molecule has 0 aliphatic rings. The van der Waals surface area contributed by atoms with Crippen molar-refractivity contribution in [3.63, 3.8) is 0 Å². The molecule has 23 heavy (non-hydrogen) atoms. The third-order valence-corrected chi connectivity index (χ3v) is 4.94. The third kappa shape index (κ3) is 4.76. The van der Waals surface area contributed by atoms with Gasteiger partial charge in [-0.2, -0.15) is 4.72 Å². The maximum Gasteiger partial charge on any atom is 0.326 e. The van der Waals surface area contributed by atoms with Gasteiger partial charge >= 0.3 is 5.97 Å². The standard InChI is InChI=1S/C13H21N3O6S/c1-5-6-10(13(18)19)14-12(17)8(3)16-23(20,21)11-7(2)15-22-9(11)4/h8,10,16H,5-6H2,1-4H3,(H,14,17)(H,18,19). The van der Waals surface area contributed by atoms with Gasteiger partial charge in [0.05, 0.1) is 6.04 Å². The van der Waals surface area contributed by atoms with Crippen LogP contribution in [-0.4, -0.2) is 42.6 Å². The number of nitrogens with one attached hydrogen (secondary N) is 2. The summed E-state index contributed by atoms with van der Waals surface area (Å²) in [5.74, 6) is -1.78. The van der Waals surface area contributed by atoms with Crippen LogP contribution in [0, 0.1) is 13.8 Å². The molecule has 1 amide bonds. The number of nitrogens with zero attached hydrogens (tertiary/aromatic N) is 1. The summed E-state index contributed by atoms with van der Waals surface area (Å²) in [6.07, 6.45) is 0.820. The number of carboxylic acid groups (broad SMARTS) is 1. The highest BCUT2D eigenvalue weighted by molar-refractivity contribution is 7.89. The van der Waals surface area contributed by atoms with Crippen LogP contribution in [0.4, 0.5) is 0 Å². The van der Waals surface area contributed by atoms with Gasteiger partial charge in [-0.15, -0.1) is 0 Å². The summed E-state index contributed by atoms with van der Waals surface area (Å²) in [4.78, 5) is 22.9. The molecule has 0 radical (unpaired) electrons. The van der Waals surface area contributed by atoms with E-state index in [0.29, 0.717) is 6.42 Å². The maximum absolute atomic E-state index is 12.3. The lowest BCUT2D eigenvalue weighted by atomic mass is 10.1. The second-order valence-corrected chi connectivity index (χ2v) is 6.84. The molecule has 0 aromatic carbocycles. The van der Waals surface area contributed by atoms with Crippen molar-refractivity contribution in [3.05, 3.63) is 11.5 Å². The molecule has 1 rings (SSSR count). The van der Waals surface area contributed by atoms with E-state index in [9.17, 15) is 18.0 Å². The third-order valence-electron chi connectivity index (χ3n) is 3.15. The monoisotopic (exact) mass is 347 g/mol. The summed E-state index contributed by atoms with van der Waals surface area (Å²) >= 11 is 0. The van der Waals surface area contributed by atoms with Gasteiger partial charge < -0.3 is 14.9 Å². The second kappa shape index (κ2) is 7.55. The van der Waals surface area contributed by atoms with E-state index in [1.54, 1.807) is 6.92 Å². The molecule has 1 heterocycles. The van der Waals surface area contributed by atoms with Gasteiger partial charge in [0.25, 0.3) is 0 Å². The molecular weight excluding hydrogens is 326 g/mol. The van der Waals surface area contributed by atoms with Crippen LogP contribution < -0.4 is 10.0 Å². The van der Waals surface area contributed by atoms with E-state index in [2.05, 4.69) is 15.2 Å². The van der Waals surface area contributed by atoms with Gasteiger partial charge in [0, 0.05) is 0 Å². The number of rotatable bonds is 8. The van der Waals surface area contributed by atoms with Crippen LogP contribution in [0.15, 0.2) is 9.42 Å². The van der Waals surface area contributed by atoms with E-state index in [1.807, 2.05) is 0 Å². The first-order valence-electron chi connectivity index (χ1n) is 7.08. The number of aliphatic carboxylic acids is 1.